The summed E-state index contributed by atoms with van der Waals surface area (Å²) in [6.45, 7) is 1.53. The minimum atomic E-state index is -2.88. The van der Waals surface area contributed by atoms with Crippen molar-refractivity contribution in [2.45, 2.75) is 43.8 Å². The fourth-order valence-electron chi connectivity index (χ4n) is 1.87. The van der Waals surface area contributed by atoms with Crippen LogP contribution in [0.1, 0.15) is 38.5 Å². The number of hydrogen-bond donors (Lipinski definition) is 0. The maximum absolute atomic E-state index is 11.8. The van der Waals surface area contributed by atoms with Crippen LogP contribution in [0.25, 0.3) is 0 Å². The summed E-state index contributed by atoms with van der Waals surface area (Å²) in [5, 5.41) is -0.0226. The van der Waals surface area contributed by atoms with Gasteiger partial charge in [-0.25, -0.2) is 12.7 Å². The number of nitrogens with zero attached hydrogens (tertiary/aromatic N) is 1. The van der Waals surface area contributed by atoms with E-state index < -0.39 is 10.0 Å². The van der Waals surface area contributed by atoms with Crippen LogP contribution in [0.3, 0.4) is 0 Å². The molecule has 2 aliphatic rings. The van der Waals surface area contributed by atoms with Gasteiger partial charge in [0.1, 0.15) is 0 Å². The molecular weight excluding hydrogens is 186 g/mol. The molecule has 13 heavy (non-hydrogen) atoms. The monoisotopic (exact) mass is 203 g/mol. The zero-order valence-corrected chi connectivity index (χ0v) is 8.72. The molecule has 0 amide bonds. The van der Waals surface area contributed by atoms with E-state index in [1.807, 2.05) is 0 Å². The maximum Gasteiger partial charge on any atom is 0.216 e. The van der Waals surface area contributed by atoms with E-state index in [0.29, 0.717) is 0 Å². The van der Waals surface area contributed by atoms with Gasteiger partial charge < -0.3 is 0 Å². The second-order valence-electron chi connectivity index (χ2n) is 4.06. The molecule has 1 saturated carbocycles. The molecule has 2 rings (SSSR count). The van der Waals surface area contributed by atoms with Crippen LogP contribution >= 0.6 is 0 Å². The molecule has 0 spiro atoms. The van der Waals surface area contributed by atoms with Crippen LogP contribution in [0.4, 0.5) is 0 Å². The van der Waals surface area contributed by atoms with Crippen LogP contribution in [-0.4, -0.2) is 31.1 Å². The first kappa shape index (κ1) is 9.46. The van der Waals surface area contributed by atoms with Crippen molar-refractivity contribution in [1.82, 2.24) is 4.31 Å². The molecule has 0 aromatic carbocycles. The quantitative estimate of drug-likeness (QED) is 0.679. The lowest BCUT2D eigenvalue weighted by Crippen LogP contribution is -2.34. The third-order valence-corrected chi connectivity index (χ3v) is 5.27. The van der Waals surface area contributed by atoms with E-state index in [4.69, 9.17) is 0 Å². The summed E-state index contributed by atoms with van der Waals surface area (Å²) in [4.78, 5) is 0. The molecule has 1 aliphatic carbocycles. The highest BCUT2D eigenvalue weighted by atomic mass is 32.2. The van der Waals surface area contributed by atoms with Crippen molar-refractivity contribution in [2.24, 2.45) is 0 Å². The summed E-state index contributed by atoms with van der Waals surface area (Å²) in [6.07, 6.45) is 6.25. The lowest BCUT2D eigenvalue weighted by molar-refractivity contribution is 0.423. The molecule has 0 aromatic heterocycles. The fraction of sp³-hybridized carbons (Fsp3) is 1.00. The fourth-order valence-corrected chi connectivity index (χ4v) is 3.79. The molecule has 0 atom stereocenters. The van der Waals surface area contributed by atoms with E-state index in [0.717, 1.165) is 38.8 Å². The zero-order valence-electron chi connectivity index (χ0n) is 7.91. The third kappa shape index (κ3) is 2.05. The predicted molar refractivity (Wildman–Crippen MR) is 52.0 cm³/mol. The Hall–Kier alpha value is -0.0900. The molecule has 2 fully saturated rings. The first-order valence-electron chi connectivity index (χ1n) is 5.20. The molecule has 1 aliphatic heterocycles. The molecule has 0 bridgehead atoms. The normalized spacial score (nSPS) is 27.1. The first-order chi connectivity index (χ1) is 6.21. The van der Waals surface area contributed by atoms with E-state index in [1.165, 1.54) is 12.8 Å². The highest BCUT2D eigenvalue weighted by molar-refractivity contribution is 7.90. The van der Waals surface area contributed by atoms with Gasteiger partial charge in [-0.1, -0.05) is 12.8 Å². The molecule has 0 unspecified atom stereocenters. The second kappa shape index (κ2) is 3.58. The maximum atomic E-state index is 11.8. The van der Waals surface area contributed by atoms with Gasteiger partial charge in [-0.3, -0.25) is 0 Å². The summed E-state index contributed by atoms with van der Waals surface area (Å²) in [6, 6.07) is 0. The van der Waals surface area contributed by atoms with E-state index in [2.05, 4.69) is 0 Å². The number of hydrogen-bond acceptors (Lipinski definition) is 2. The Kier molecular flexibility index (Phi) is 2.60. The van der Waals surface area contributed by atoms with Crippen molar-refractivity contribution in [1.29, 1.82) is 0 Å². The Morgan fingerprint density at radius 2 is 1.46 bits per heavy atom. The van der Waals surface area contributed by atoms with E-state index in [9.17, 15) is 8.42 Å². The van der Waals surface area contributed by atoms with Gasteiger partial charge in [0.05, 0.1) is 5.25 Å². The summed E-state index contributed by atoms with van der Waals surface area (Å²) in [5.74, 6) is 0. The van der Waals surface area contributed by atoms with Gasteiger partial charge in [0, 0.05) is 13.1 Å². The molecule has 76 valence electrons. The van der Waals surface area contributed by atoms with Crippen LogP contribution in [-0.2, 0) is 10.0 Å². The summed E-state index contributed by atoms with van der Waals surface area (Å²) >= 11 is 0. The molecule has 1 heterocycles. The first-order valence-corrected chi connectivity index (χ1v) is 6.70. The van der Waals surface area contributed by atoms with Gasteiger partial charge in [-0.05, 0) is 25.7 Å². The van der Waals surface area contributed by atoms with Crippen LogP contribution in [0.5, 0.6) is 0 Å². The highest BCUT2D eigenvalue weighted by Crippen LogP contribution is 2.31. The van der Waals surface area contributed by atoms with Crippen molar-refractivity contribution >= 4 is 10.0 Å². The molecule has 0 N–H and O–H groups in total. The molecule has 4 heteroatoms. The zero-order chi connectivity index (χ0) is 9.31. The average Bonchev–Trinajstić information content (AvgIpc) is 2.93. The Balaban J connectivity index is 2.04. The van der Waals surface area contributed by atoms with Gasteiger partial charge in [0.25, 0.3) is 0 Å². The Bertz CT molecular complexity index is 261. The number of rotatable bonds is 2. The van der Waals surface area contributed by atoms with Gasteiger partial charge in [0.2, 0.25) is 10.0 Å². The van der Waals surface area contributed by atoms with Gasteiger partial charge >= 0.3 is 0 Å². The topological polar surface area (TPSA) is 37.4 Å². The second-order valence-corrected chi connectivity index (χ2v) is 6.27. The summed E-state index contributed by atoms with van der Waals surface area (Å²) < 4.78 is 25.4. The smallest absolute Gasteiger partial charge is 0.212 e. The Labute approximate surface area is 80.2 Å². The van der Waals surface area contributed by atoms with Crippen molar-refractivity contribution in [2.75, 3.05) is 13.1 Å². The number of sulfonamides is 1. The van der Waals surface area contributed by atoms with Crippen LogP contribution in [0.2, 0.25) is 0 Å². The van der Waals surface area contributed by atoms with Crippen LogP contribution in [0.15, 0.2) is 0 Å². The van der Waals surface area contributed by atoms with E-state index >= 15 is 0 Å². The van der Waals surface area contributed by atoms with Crippen LogP contribution in [0, 0.1) is 0 Å². The minimum Gasteiger partial charge on any atom is -0.212 e. The van der Waals surface area contributed by atoms with Gasteiger partial charge in [-0.2, -0.15) is 0 Å². The molecule has 3 nitrogen and oxygen atoms in total. The van der Waals surface area contributed by atoms with Gasteiger partial charge in [-0.15, -0.1) is 0 Å². The Morgan fingerprint density at radius 3 is 1.92 bits per heavy atom. The molecular formula is C9H17NO2S. The van der Waals surface area contributed by atoms with E-state index in [-0.39, 0.29) is 5.25 Å². The van der Waals surface area contributed by atoms with E-state index in [1.54, 1.807) is 4.31 Å². The van der Waals surface area contributed by atoms with Gasteiger partial charge in [0.15, 0.2) is 0 Å². The summed E-state index contributed by atoms with van der Waals surface area (Å²) in [5.41, 5.74) is 0. The molecule has 0 radical (unpaired) electrons. The molecule has 1 saturated heterocycles. The van der Waals surface area contributed by atoms with Crippen molar-refractivity contribution in [3.8, 4) is 0 Å². The minimum absolute atomic E-state index is 0.0226. The third-order valence-electron chi connectivity index (χ3n) is 2.87. The van der Waals surface area contributed by atoms with Crippen molar-refractivity contribution < 1.29 is 8.42 Å². The Morgan fingerprint density at radius 1 is 0.923 bits per heavy atom. The SMILES string of the molecule is O=S(=O)(C1CC1)N1CCCCCC1. The van der Waals surface area contributed by atoms with Crippen molar-refractivity contribution in [3.63, 3.8) is 0 Å². The van der Waals surface area contributed by atoms with Crippen molar-refractivity contribution in [3.05, 3.63) is 0 Å². The standard InChI is InChI=1S/C9H17NO2S/c11-13(12,9-5-6-9)10-7-3-1-2-4-8-10/h9H,1-8H2. The highest BCUT2D eigenvalue weighted by Gasteiger charge is 2.39. The van der Waals surface area contributed by atoms with Crippen LogP contribution < -0.4 is 0 Å². The lowest BCUT2D eigenvalue weighted by atomic mass is 10.2. The lowest BCUT2D eigenvalue weighted by Gasteiger charge is -2.19. The molecule has 0 aromatic rings. The summed E-state index contributed by atoms with van der Waals surface area (Å²) in [7, 11) is -2.88. The largest absolute Gasteiger partial charge is 0.216 e. The predicted octanol–water partition coefficient (Wildman–Crippen LogP) is 1.35. The average molecular weight is 203 g/mol.